The topological polar surface area (TPSA) is 96.4 Å². The van der Waals surface area contributed by atoms with Crippen LogP contribution in [0.3, 0.4) is 0 Å². The van der Waals surface area contributed by atoms with E-state index in [1.807, 2.05) is 54.6 Å². The molecule has 8 heteroatoms. The van der Waals surface area contributed by atoms with Crippen LogP contribution in [0.2, 0.25) is 0 Å². The maximum Gasteiger partial charge on any atom is 0.312 e. The second kappa shape index (κ2) is 10.8. The van der Waals surface area contributed by atoms with Gasteiger partial charge in [0.1, 0.15) is 17.6 Å². The van der Waals surface area contributed by atoms with Gasteiger partial charge in [0, 0.05) is 13.1 Å². The smallest absolute Gasteiger partial charge is 0.312 e. The van der Waals surface area contributed by atoms with Gasteiger partial charge in [0.05, 0.1) is 31.3 Å². The van der Waals surface area contributed by atoms with Crippen molar-refractivity contribution in [2.24, 2.45) is 11.8 Å². The molecular formula is C29H36N2O6. The van der Waals surface area contributed by atoms with Gasteiger partial charge >= 0.3 is 5.97 Å². The van der Waals surface area contributed by atoms with Crippen LogP contribution >= 0.6 is 0 Å². The Kier molecular flexibility index (Phi) is 7.49. The fraction of sp³-hybridized carbons (Fsp3) is 0.552. The quantitative estimate of drug-likeness (QED) is 0.469. The zero-order valence-corrected chi connectivity index (χ0v) is 21.3. The summed E-state index contributed by atoms with van der Waals surface area (Å²) < 4.78 is 12.3. The third-order valence-corrected chi connectivity index (χ3v) is 8.10. The molecule has 1 aromatic rings. The first kappa shape index (κ1) is 25.7. The van der Waals surface area contributed by atoms with E-state index in [1.165, 1.54) is 4.90 Å². The van der Waals surface area contributed by atoms with Crippen molar-refractivity contribution in [3.63, 3.8) is 0 Å². The van der Waals surface area contributed by atoms with Gasteiger partial charge in [0.15, 0.2) is 0 Å². The van der Waals surface area contributed by atoms with Gasteiger partial charge in [0.25, 0.3) is 0 Å². The fourth-order valence-electron chi connectivity index (χ4n) is 6.32. The van der Waals surface area contributed by atoms with Gasteiger partial charge in [-0.2, -0.15) is 0 Å². The van der Waals surface area contributed by atoms with Gasteiger partial charge in [-0.25, -0.2) is 0 Å². The number of rotatable bonds is 6. The number of aliphatic hydroxyl groups excluding tert-OH is 1. The van der Waals surface area contributed by atoms with Gasteiger partial charge in [-0.05, 0) is 31.2 Å². The minimum Gasteiger partial charge on any atom is -0.465 e. The van der Waals surface area contributed by atoms with Crippen molar-refractivity contribution >= 4 is 17.8 Å². The van der Waals surface area contributed by atoms with Gasteiger partial charge < -0.3 is 24.4 Å². The van der Waals surface area contributed by atoms with E-state index in [9.17, 15) is 19.5 Å². The summed E-state index contributed by atoms with van der Waals surface area (Å²) in [7, 11) is 0. The third kappa shape index (κ3) is 4.40. The van der Waals surface area contributed by atoms with Gasteiger partial charge in [-0.15, -0.1) is 0 Å². The minimum absolute atomic E-state index is 0.218. The van der Waals surface area contributed by atoms with Crippen molar-refractivity contribution in [2.45, 2.75) is 62.8 Å². The molecule has 1 spiro atoms. The highest BCUT2D eigenvalue weighted by Gasteiger charge is 2.72. The van der Waals surface area contributed by atoms with Crippen molar-refractivity contribution in [1.29, 1.82) is 0 Å². The van der Waals surface area contributed by atoms with Crippen LogP contribution in [0.1, 0.15) is 50.6 Å². The number of unbranched alkanes of at least 4 members (excludes halogenated alkanes) is 1. The molecule has 0 radical (unpaired) electrons. The molecule has 0 aliphatic carbocycles. The van der Waals surface area contributed by atoms with E-state index in [2.05, 4.69) is 6.92 Å². The Morgan fingerprint density at radius 1 is 1.11 bits per heavy atom. The zero-order valence-electron chi connectivity index (χ0n) is 21.3. The maximum atomic E-state index is 14.4. The molecule has 0 aromatic heterocycles. The van der Waals surface area contributed by atoms with E-state index in [1.54, 1.807) is 4.90 Å². The number of fused-ring (bicyclic) bond motifs is 2. The number of hydrogen-bond donors (Lipinski definition) is 1. The maximum absolute atomic E-state index is 14.4. The Balaban J connectivity index is 1.64. The number of cyclic esters (lactones) is 1. The van der Waals surface area contributed by atoms with Crippen LogP contribution in [0.25, 0.3) is 0 Å². The number of carbonyl (C=O) groups excluding carboxylic acids is 3. The highest BCUT2D eigenvalue weighted by Crippen LogP contribution is 2.54. The van der Waals surface area contributed by atoms with E-state index < -0.39 is 41.6 Å². The number of hydrogen-bond acceptors (Lipinski definition) is 6. The summed E-state index contributed by atoms with van der Waals surface area (Å²) >= 11 is 0. The Bertz CT molecular complexity index is 1070. The molecule has 198 valence electrons. The predicted octanol–water partition coefficient (Wildman–Crippen LogP) is 2.78. The number of amides is 2. The summed E-state index contributed by atoms with van der Waals surface area (Å²) in [5.41, 5.74) is -0.607. The number of likely N-dealkylation sites (tertiary alicyclic amines) is 1. The van der Waals surface area contributed by atoms with Crippen LogP contribution < -0.4 is 0 Å². The van der Waals surface area contributed by atoms with Crippen LogP contribution in [-0.4, -0.2) is 76.7 Å². The molecule has 4 heterocycles. The molecule has 8 nitrogen and oxygen atoms in total. The lowest BCUT2D eigenvalue weighted by atomic mass is 9.78. The monoisotopic (exact) mass is 508 g/mol. The highest BCUT2D eigenvalue weighted by molar-refractivity contribution is 5.99. The summed E-state index contributed by atoms with van der Waals surface area (Å²) in [5.74, 6) is -2.85. The summed E-state index contributed by atoms with van der Waals surface area (Å²) in [6, 6.07) is 7.47. The number of allylic oxidation sites excluding steroid dienone is 1. The van der Waals surface area contributed by atoms with E-state index in [-0.39, 0.29) is 18.4 Å². The average molecular weight is 509 g/mol. The summed E-state index contributed by atoms with van der Waals surface area (Å²) in [6.45, 7) is 2.96. The van der Waals surface area contributed by atoms with Crippen LogP contribution in [0.5, 0.6) is 0 Å². The summed E-state index contributed by atoms with van der Waals surface area (Å²) in [4.78, 5) is 45.2. The van der Waals surface area contributed by atoms with E-state index in [4.69, 9.17) is 9.47 Å². The number of ether oxygens (including phenoxy) is 2. The van der Waals surface area contributed by atoms with E-state index >= 15 is 0 Å². The Labute approximate surface area is 217 Å². The lowest BCUT2D eigenvalue weighted by Gasteiger charge is -2.38. The minimum atomic E-state index is -1.33. The molecule has 2 fully saturated rings. The Hall–Kier alpha value is -2.97. The largest absolute Gasteiger partial charge is 0.465 e. The zero-order chi connectivity index (χ0) is 26.0. The van der Waals surface area contributed by atoms with Crippen LogP contribution in [-0.2, 0) is 23.9 Å². The number of nitrogens with zero attached hydrogens (tertiary/aromatic N) is 2. The molecule has 6 atom stereocenters. The number of benzene rings is 1. The fourth-order valence-corrected chi connectivity index (χ4v) is 6.32. The van der Waals surface area contributed by atoms with E-state index in [0.717, 1.165) is 37.7 Å². The van der Waals surface area contributed by atoms with Gasteiger partial charge in [-0.1, -0.05) is 68.0 Å². The molecule has 1 unspecified atom stereocenters. The predicted molar refractivity (Wildman–Crippen MR) is 136 cm³/mol. The van der Waals surface area contributed by atoms with E-state index in [0.29, 0.717) is 19.7 Å². The number of aliphatic hydroxyl groups is 1. The standard InChI is InChI=1S/C29H36N2O6/c1-2-3-16-30-17-11-15-29-24(23-22(37-29)14-9-4-5-10-18-36-28(23)35)26(33)31(25(29)27(30)34)21(19-32)20-12-7-6-8-13-20/h6-9,11-15,21-25,32H,2-5,10,16-19H2,1H3/b14-9-/t21-,22-,23+,24+,25?,29+/m1/s1. The Morgan fingerprint density at radius 3 is 2.68 bits per heavy atom. The SMILES string of the molecule is CCCCN1CC=C[C@]23O[C@@H]4/C=C\CCCCOC(=O)[C@@H]4[C@H]2C(=O)N([C@H](CO)c2ccccc2)C3C1=O. The molecule has 1 aromatic carbocycles. The molecule has 4 aliphatic heterocycles. The van der Waals surface area contributed by atoms with Gasteiger partial charge in [-0.3, -0.25) is 14.4 Å². The second-order valence-electron chi connectivity index (χ2n) is 10.3. The molecule has 5 rings (SSSR count). The average Bonchev–Trinajstić information content (AvgIpc) is 3.30. The van der Waals surface area contributed by atoms with Crippen molar-refractivity contribution < 1.29 is 29.0 Å². The molecule has 37 heavy (non-hydrogen) atoms. The molecule has 0 saturated carbocycles. The van der Waals surface area contributed by atoms with Crippen molar-refractivity contribution in [2.75, 3.05) is 26.3 Å². The van der Waals surface area contributed by atoms with Crippen molar-refractivity contribution in [1.82, 2.24) is 9.80 Å². The highest BCUT2D eigenvalue weighted by atomic mass is 16.6. The molecule has 0 bridgehead atoms. The number of carbonyl (C=O) groups is 3. The second-order valence-corrected chi connectivity index (χ2v) is 10.3. The molecule has 2 amide bonds. The summed E-state index contributed by atoms with van der Waals surface area (Å²) in [6.07, 6.45) is 11.1. The first-order valence-electron chi connectivity index (χ1n) is 13.5. The van der Waals surface area contributed by atoms with Crippen LogP contribution in [0, 0.1) is 11.8 Å². The number of esters is 1. The van der Waals surface area contributed by atoms with Crippen LogP contribution in [0.15, 0.2) is 54.6 Å². The first-order valence-corrected chi connectivity index (χ1v) is 13.5. The molecule has 1 N–H and O–H groups in total. The lowest BCUT2D eigenvalue weighted by molar-refractivity contribution is -0.156. The van der Waals surface area contributed by atoms with Crippen LogP contribution in [0.4, 0.5) is 0 Å². The lowest BCUT2D eigenvalue weighted by Crippen LogP contribution is -2.56. The summed E-state index contributed by atoms with van der Waals surface area (Å²) in [5, 5.41) is 10.5. The normalized spacial score (nSPS) is 33.3. The molecule has 4 aliphatic rings. The first-order chi connectivity index (χ1) is 18.0. The Morgan fingerprint density at radius 2 is 1.92 bits per heavy atom. The molecule has 2 saturated heterocycles. The van der Waals surface area contributed by atoms with Crippen molar-refractivity contribution in [3.05, 3.63) is 60.2 Å². The third-order valence-electron chi connectivity index (χ3n) is 8.10. The van der Waals surface area contributed by atoms with Gasteiger partial charge in [0.2, 0.25) is 11.8 Å². The van der Waals surface area contributed by atoms with Crippen molar-refractivity contribution in [3.8, 4) is 0 Å². The molecular weight excluding hydrogens is 472 g/mol.